The fourth-order valence-electron chi connectivity index (χ4n) is 1.51. The lowest BCUT2D eigenvalue weighted by atomic mass is 10.3. The fourth-order valence-corrected chi connectivity index (χ4v) is 1.51. The van der Waals surface area contributed by atoms with Crippen LogP contribution in [0, 0.1) is 5.82 Å². The van der Waals surface area contributed by atoms with Gasteiger partial charge < -0.3 is 10.5 Å². The van der Waals surface area contributed by atoms with Crippen molar-refractivity contribution in [1.29, 1.82) is 0 Å². The predicted octanol–water partition coefficient (Wildman–Crippen LogP) is 1.64. The summed E-state index contributed by atoms with van der Waals surface area (Å²) in [6, 6.07) is 4.16. The molecule has 3 aromatic rings. The quantitative estimate of drug-likeness (QED) is 0.694. The van der Waals surface area contributed by atoms with Crippen molar-refractivity contribution in [2.75, 3.05) is 5.73 Å². The van der Waals surface area contributed by atoms with Crippen LogP contribution in [0.3, 0.4) is 0 Å². The van der Waals surface area contributed by atoms with Crippen molar-refractivity contribution >= 4 is 11.3 Å². The number of anilines is 1. The van der Waals surface area contributed by atoms with E-state index in [1.807, 2.05) is 0 Å². The van der Waals surface area contributed by atoms with Crippen LogP contribution in [-0.4, -0.2) is 19.6 Å². The first-order chi connectivity index (χ1) is 8.74. The van der Waals surface area contributed by atoms with Crippen LogP contribution in [0.15, 0.2) is 36.9 Å². The Bertz CT molecular complexity index is 711. The van der Waals surface area contributed by atoms with Gasteiger partial charge in [-0.2, -0.15) is 0 Å². The zero-order chi connectivity index (χ0) is 12.5. The second-order valence-electron chi connectivity index (χ2n) is 3.59. The second kappa shape index (κ2) is 3.95. The highest BCUT2D eigenvalue weighted by Crippen LogP contribution is 2.26. The Morgan fingerprint density at radius 1 is 1.33 bits per heavy atom. The normalized spacial score (nSPS) is 10.7. The van der Waals surface area contributed by atoms with E-state index < -0.39 is 5.82 Å². The molecule has 2 N–H and O–H groups in total. The third kappa shape index (κ3) is 1.71. The van der Waals surface area contributed by atoms with Crippen LogP contribution in [0.4, 0.5) is 10.1 Å². The Balaban J connectivity index is 2.03. The molecule has 0 unspecified atom stereocenters. The number of nitrogens with two attached hydrogens (primary N) is 1. The first kappa shape index (κ1) is 10.5. The van der Waals surface area contributed by atoms with Crippen molar-refractivity contribution in [1.82, 2.24) is 19.6 Å². The SMILES string of the molecule is Nc1ccc(Oc2nccn3cnnc23)c(F)c1. The van der Waals surface area contributed by atoms with Gasteiger partial charge in [0.2, 0.25) is 5.65 Å². The zero-order valence-electron chi connectivity index (χ0n) is 9.12. The monoisotopic (exact) mass is 245 g/mol. The van der Waals surface area contributed by atoms with Crippen molar-refractivity contribution in [3.05, 3.63) is 42.7 Å². The number of hydrogen-bond acceptors (Lipinski definition) is 5. The Kier molecular flexibility index (Phi) is 2.30. The second-order valence-corrected chi connectivity index (χ2v) is 3.59. The lowest BCUT2D eigenvalue weighted by Crippen LogP contribution is -1.96. The maximum absolute atomic E-state index is 13.6. The Morgan fingerprint density at radius 3 is 3.06 bits per heavy atom. The van der Waals surface area contributed by atoms with Crippen molar-refractivity contribution < 1.29 is 9.13 Å². The predicted molar refractivity (Wildman–Crippen MR) is 61.7 cm³/mol. The molecule has 0 saturated heterocycles. The summed E-state index contributed by atoms with van der Waals surface area (Å²) in [7, 11) is 0. The van der Waals surface area contributed by atoms with Gasteiger partial charge in [0, 0.05) is 24.1 Å². The first-order valence-electron chi connectivity index (χ1n) is 5.11. The summed E-state index contributed by atoms with van der Waals surface area (Å²) in [6.45, 7) is 0. The van der Waals surface area contributed by atoms with E-state index in [0.717, 1.165) is 0 Å². The molecule has 18 heavy (non-hydrogen) atoms. The maximum Gasteiger partial charge on any atom is 0.265 e. The lowest BCUT2D eigenvalue weighted by Gasteiger charge is -2.06. The average Bonchev–Trinajstić information content (AvgIpc) is 2.82. The number of aromatic nitrogens is 4. The molecule has 2 aromatic heterocycles. The molecular weight excluding hydrogens is 237 g/mol. The third-order valence-corrected chi connectivity index (χ3v) is 2.35. The molecule has 6 nitrogen and oxygen atoms in total. The van der Waals surface area contributed by atoms with Gasteiger partial charge in [0.25, 0.3) is 5.88 Å². The summed E-state index contributed by atoms with van der Waals surface area (Å²) in [5.74, 6) is -0.343. The molecule has 0 atom stereocenters. The first-order valence-corrected chi connectivity index (χ1v) is 5.11. The minimum absolute atomic E-state index is 0.0350. The molecule has 2 heterocycles. The standard InChI is InChI=1S/C11H8FN5O/c12-8-5-7(13)1-2-9(8)18-11-10-16-15-6-17(10)4-3-14-11/h1-6H,13H2. The smallest absolute Gasteiger partial charge is 0.265 e. The molecule has 0 aliphatic carbocycles. The summed E-state index contributed by atoms with van der Waals surface area (Å²) in [4.78, 5) is 3.99. The van der Waals surface area contributed by atoms with Gasteiger partial charge >= 0.3 is 0 Å². The van der Waals surface area contributed by atoms with E-state index in [-0.39, 0.29) is 11.6 Å². The van der Waals surface area contributed by atoms with E-state index in [2.05, 4.69) is 15.2 Å². The van der Waals surface area contributed by atoms with Crippen LogP contribution < -0.4 is 10.5 Å². The topological polar surface area (TPSA) is 78.3 Å². The zero-order valence-corrected chi connectivity index (χ0v) is 9.12. The summed E-state index contributed by atoms with van der Waals surface area (Å²) >= 11 is 0. The molecule has 0 spiro atoms. The minimum atomic E-state index is -0.557. The van der Waals surface area contributed by atoms with Gasteiger partial charge in [0.1, 0.15) is 6.33 Å². The molecule has 3 rings (SSSR count). The number of halogens is 1. The molecule has 0 amide bonds. The van der Waals surface area contributed by atoms with E-state index in [4.69, 9.17) is 10.5 Å². The van der Waals surface area contributed by atoms with Crippen molar-refractivity contribution in [2.45, 2.75) is 0 Å². The van der Waals surface area contributed by atoms with Crippen LogP contribution in [0.1, 0.15) is 0 Å². The van der Waals surface area contributed by atoms with Crippen molar-refractivity contribution in [2.24, 2.45) is 0 Å². The van der Waals surface area contributed by atoms with E-state index in [9.17, 15) is 4.39 Å². The molecule has 90 valence electrons. The molecule has 0 bridgehead atoms. The largest absolute Gasteiger partial charge is 0.433 e. The average molecular weight is 245 g/mol. The molecule has 1 aromatic carbocycles. The molecule has 0 aliphatic rings. The van der Waals surface area contributed by atoms with E-state index in [1.54, 1.807) is 16.7 Å². The summed E-state index contributed by atoms with van der Waals surface area (Å²) in [5, 5.41) is 7.56. The molecule has 7 heteroatoms. The van der Waals surface area contributed by atoms with Gasteiger partial charge in [-0.15, -0.1) is 10.2 Å². The molecule has 0 saturated carbocycles. The van der Waals surface area contributed by atoms with Crippen LogP contribution in [0.2, 0.25) is 0 Å². The Morgan fingerprint density at radius 2 is 2.22 bits per heavy atom. The molecular formula is C11H8FN5O. The van der Waals surface area contributed by atoms with Crippen LogP contribution in [0.25, 0.3) is 5.65 Å². The van der Waals surface area contributed by atoms with Gasteiger partial charge in [-0.1, -0.05) is 0 Å². The van der Waals surface area contributed by atoms with Gasteiger partial charge in [0.15, 0.2) is 11.6 Å². The fraction of sp³-hybridized carbons (Fsp3) is 0. The number of ether oxygens (including phenoxy) is 1. The van der Waals surface area contributed by atoms with Gasteiger partial charge in [-0.25, -0.2) is 9.37 Å². The number of nitrogens with zero attached hydrogens (tertiary/aromatic N) is 4. The number of fused-ring (bicyclic) bond motifs is 1. The van der Waals surface area contributed by atoms with E-state index >= 15 is 0 Å². The van der Waals surface area contributed by atoms with Crippen LogP contribution in [-0.2, 0) is 0 Å². The van der Waals surface area contributed by atoms with Gasteiger partial charge in [0.05, 0.1) is 0 Å². The van der Waals surface area contributed by atoms with Crippen molar-refractivity contribution in [3.8, 4) is 11.6 Å². The maximum atomic E-state index is 13.6. The molecule has 0 aliphatic heterocycles. The summed E-state index contributed by atoms with van der Waals surface area (Å²) in [6.07, 6.45) is 4.69. The van der Waals surface area contributed by atoms with Crippen LogP contribution in [0.5, 0.6) is 11.6 Å². The van der Waals surface area contributed by atoms with Crippen LogP contribution >= 0.6 is 0 Å². The third-order valence-electron chi connectivity index (χ3n) is 2.35. The van der Waals surface area contributed by atoms with Gasteiger partial charge in [-0.05, 0) is 12.1 Å². The van der Waals surface area contributed by atoms with E-state index in [0.29, 0.717) is 11.3 Å². The number of benzene rings is 1. The highest BCUT2D eigenvalue weighted by molar-refractivity contribution is 5.50. The highest BCUT2D eigenvalue weighted by atomic mass is 19.1. The molecule has 0 radical (unpaired) electrons. The molecule has 0 fully saturated rings. The minimum Gasteiger partial charge on any atom is -0.433 e. The van der Waals surface area contributed by atoms with Gasteiger partial charge in [-0.3, -0.25) is 4.40 Å². The number of nitrogen functional groups attached to an aromatic ring is 1. The van der Waals surface area contributed by atoms with Crippen molar-refractivity contribution in [3.63, 3.8) is 0 Å². The highest BCUT2D eigenvalue weighted by Gasteiger charge is 2.10. The number of hydrogen-bond donors (Lipinski definition) is 1. The lowest BCUT2D eigenvalue weighted by molar-refractivity contribution is 0.429. The van der Waals surface area contributed by atoms with E-state index in [1.165, 1.54) is 24.7 Å². The summed E-state index contributed by atoms with van der Waals surface area (Å²) < 4.78 is 20.6. The summed E-state index contributed by atoms with van der Waals surface area (Å²) in [5.41, 5.74) is 6.20. The Labute approximate surface area is 101 Å². The Hall–Kier alpha value is -2.70. The number of rotatable bonds is 2.